The SMILES string of the molecule is Oc1cc(-c2ccc3c(N4C[C@H]5CC[C@@H](C4)N5)nc(N4CC(O)(C(F)(F)F)C4)nc3c2F)c2ccccc2c1. The summed E-state index contributed by atoms with van der Waals surface area (Å²) >= 11 is 0. The number of nitrogens with zero attached hydrogens (tertiary/aromatic N) is 4. The number of anilines is 2. The standard InChI is InChI=1S/C28H25F4N5O2/c29-23-20(22-10-18(38)9-15-3-1-2-4-19(15)22)7-8-21-24(23)34-26(37-13-27(39,14-37)28(30,31)32)35-25(21)36-11-16-5-6-17(12-36)33-16/h1-4,7-10,16-17,33,38-39H,5-6,11-14H2/t16-,17+. The van der Waals surface area contributed by atoms with Gasteiger partial charge in [0.2, 0.25) is 5.95 Å². The average Bonchev–Trinajstić information content (AvgIpc) is 3.22. The summed E-state index contributed by atoms with van der Waals surface area (Å²) in [5, 5.41) is 25.8. The maximum absolute atomic E-state index is 16.4. The molecule has 39 heavy (non-hydrogen) atoms. The zero-order valence-electron chi connectivity index (χ0n) is 20.7. The zero-order valence-corrected chi connectivity index (χ0v) is 20.7. The predicted molar refractivity (Wildman–Crippen MR) is 139 cm³/mol. The van der Waals surface area contributed by atoms with E-state index in [-0.39, 0.29) is 34.9 Å². The smallest absolute Gasteiger partial charge is 0.420 e. The van der Waals surface area contributed by atoms with Crippen LogP contribution in [0.3, 0.4) is 0 Å². The number of aliphatic hydroxyl groups is 1. The van der Waals surface area contributed by atoms with Gasteiger partial charge in [-0.2, -0.15) is 18.2 Å². The first-order valence-electron chi connectivity index (χ1n) is 12.9. The quantitative estimate of drug-likeness (QED) is 0.334. The van der Waals surface area contributed by atoms with Gasteiger partial charge in [-0.25, -0.2) is 9.37 Å². The van der Waals surface area contributed by atoms with Crippen LogP contribution < -0.4 is 15.1 Å². The summed E-state index contributed by atoms with van der Waals surface area (Å²) in [5.41, 5.74) is -2.20. The number of hydrogen-bond acceptors (Lipinski definition) is 7. The third-order valence-electron chi connectivity index (χ3n) is 8.14. The number of rotatable bonds is 3. The first kappa shape index (κ1) is 24.3. The first-order chi connectivity index (χ1) is 18.6. The monoisotopic (exact) mass is 539 g/mol. The van der Waals surface area contributed by atoms with Crippen LogP contribution in [0, 0.1) is 5.82 Å². The third-order valence-corrected chi connectivity index (χ3v) is 8.14. The van der Waals surface area contributed by atoms with Crippen molar-refractivity contribution in [3.63, 3.8) is 0 Å². The number of β-amino-alcohol motifs (C(OH)–C–C–N with tert-alkyl or cyclic N) is 1. The summed E-state index contributed by atoms with van der Waals surface area (Å²) in [5.74, 6) is -0.273. The van der Waals surface area contributed by atoms with Crippen LogP contribution in [-0.2, 0) is 0 Å². The minimum absolute atomic E-state index is 0.0180. The fourth-order valence-corrected chi connectivity index (χ4v) is 6.12. The molecule has 0 spiro atoms. The summed E-state index contributed by atoms with van der Waals surface area (Å²) in [6.45, 7) is -0.191. The van der Waals surface area contributed by atoms with Gasteiger partial charge in [0.25, 0.3) is 0 Å². The molecule has 4 heterocycles. The van der Waals surface area contributed by atoms with Crippen molar-refractivity contribution in [2.24, 2.45) is 0 Å². The van der Waals surface area contributed by atoms with E-state index in [2.05, 4.69) is 15.3 Å². The minimum atomic E-state index is -4.80. The van der Waals surface area contributed by atoms with Gasteiger partial charge >= 0.3 is 6.18 Å². The molecule has 3 aromatic carbocycles. The van der Waals surface area contributed by atoms with Crippen LogP contribution >= 0.6 is 0 Å². The number of fused-ring (bicyclic) bond motifs is 4. The van der Waals surface area contributed by atoms with Crippen LogP contribution in [0.5, 0.6) is 5.75 Å². The Morgan fingerprint density at radius 3 is 2.33 bits per heavy atom. The molecule has 0 unspecified atom stereocenters. The van der Waals surface area contributed by atoms with Gasteiger partial charge in [0, 0.05) is 36.1 Å². The molecule has 2 atom stereocenters. The molecular formula is C28H25F4N5O2. The molecule has 3 fully saturated rings. The molecule has 11 heteroatoms. The lowest BCUT2D eigenvalue weighted by atomic mass is 9.94. The lowest BCUT2D eigenvalue weighted by Crippen LogP contribution is -2.69. The number of nitrogens with one attached hydrogen (secondary N) is 1. The summed E-state index contributed by atoms with van der Waals surface area (Å²) in [6, 6.07) is 14.3. The molecule has 3 aliphatic rings. The number of alkyl halides is 3. The Morgan fingerprint density at radius 1 is 0.897 bits per heavy atom. The zero-order chi connectivity index (χ0) is 27.1. The molecule has 4 aromatic rings. The number of phenols is 1. The molecule has 0 saturated carbocycles. The number of phenolic OH excluding ortho intramolecular Hbond substituents is 1. The van der Waals surface area contributed by atoms with E-state index in [1.54, 1.807) is 18.2 Å². The lowest BCUT2D eigenvalue weighted by molar-refractivity contribution is -0.267. The van der Waals surface area contributed by atoms with E-state index in [0.717, 1.165) is 23.6 Å². The number of aromatic nitrogens is 2. The third kappa shape index (κ3) is 3.86. The van der Waals surface area contributed by atoms with E-state index in [4.69, 9.17) is 0 Å². The van der Waals surface area contributed by atoms with E-state index in [1.165, 1.54) is 11.0 Å². The Bertz CT molecular complexity index is 1610. The normalized spacial score (nSPS) is 22.5. The highest BCUT2D eigenvalue weighted by Gasteiger charge is 2.61. The maximum atomic E-state index is 16.4. The fraction of sp³-hybridized carbons (Fsp3) is 0.357. The van der Waals surface area contributed by atoms with E-state index < -0.39 is 30.7 Å². The van der Waals surface area contributed by atoms with E-state index in [1.807, 2.05) is 29.2 Å². The van der Waals surface area contributed by atoms with Crippen molar-refractivity contribution in [2.75, 3.05) is 36.0 Å². The second-order valence-corrected chi connectivity index (χ2v) is 10.8. The molecule has 3 aliphatic heterocycles. The van der Waals surface area contributed by atoms with Gasteiger partial charge in [0.1, 0.15) is 17.1 Å². The average molecular weight is 540 g/mol. The molecule has 202 valence electrons. The highest BCUT2D eigenvalue weighted by Crippen LogP contribution is 2.42. The van der Waals surface area contributed by atoms with Crippen molar-refractivity contribution >= 4 is 33.4 Å². The van der Waals surface area contributed by atoms with Crippen LogP contribution in [0.2, 0.25) is 0 Å². The fourth-order valence-electron chi connectivity index (χ4n) is 6.12. The van der Waals surface area contributed by atoms with Gasteiger partial charge in [0.15, 0.2) is 11.4 Å². The Balaban J connectivity index is 1.39. The van der Waals surface area contributed by atoms with Gasteiger partial charge in [-0.3, -0.25) is 0 Å². The Kier molecular flexibility index (Phi) is 5.24. The number of piperazine rings is 1. The number of benzene rings is 3. The topological polar surface area (TPSA) is 84.8 Å². The van der Waals surface area contributed by atoms with Gasteiger partial charge in [-0.1, -0.05) is 30.3 Å². The van der Waals surface area contributed by atoms with Gasteiger partial charge in [-0.15, -0.1) is 0 Å². The van der Waals surface area contributed by atoms with Crippen molar-refractivity contribution in [3.8, 4) is 16.9 Å². The van der Waals surface area contributed by atoms with Gasteiger partial charge in [0.05, 0.1) is 13.1 Å². The van der Waals surface area contributed by atoms with E-state index in [0.29, 0.717) is 29.9 Å². The van der Waals surface area contributed by atoms with Crippen LogP contribution in [0.15, 0.2) is 48.5 Å². The Hall–Kier alpha value is -3.70. The molecule has 2 bridgehead atoms. The van der Waals surface area contributed by atoms with Gasteiger partial charge < -0.3 is 25.3 Å². The molecule has 3 N–H and O–H groups in total. The minimum Gasteiger partial charge on any atom is -0.508 e. The van der Waals surface area contributed by atoms with Crippen molar-refractivity contribution < 1.29 is 27.8 Å². The molecule has 3 saturated heterocycles. The lowest BCUT2D eigenvalue weighted by Gasteiger charge is -2.47. The van der Waals surface area contributed by atoms with Crippen molar-refractivity contribution in [3.05, 3.63) is 54.3 Å². The number of hydrogen-bond donors (Lipinski definition) is 3. The number of aromatic hydroxyl groups is 1. The highest BCUT2D eigenvalue weighted by molar-refractivity contribution is 6.01. The van der Waals surface area contributed by atoms with Gasteiger partial charge in [-0.05, 0) is 47.4 Å². The second-order valence-electron chi connectivity index (χ2n) is 10.8. The summed E-state index contributed by atoms with van der Waals surface area (Å²) in [6.07, 6.45) is -2.79. The molecular weight excluding hydrogens is 514 g/mol. The molecule has 0 aliphatic carbocycles. The predicted octanol–water partition coefficient (Wildman–Crippen LogP) is 4.35. The van der Waals surface area contributed by atoms with Crippen LogP contribution in [-0.4, -0.2) is 70.2 Å². The molecule has 7 nitrogen and oxygen atoms in total. The summed E-state index contributed by atoms with van der Waals surface area (Å²) in [7, 11) is 0. The van der Waals surface area contributed by atoms with E-state index in [9.17, 15) is 23.4 Å². The number of halogens is 4. The van der Waals surface area contributed by atoms with Crippen LogP contribution in [0.25, 0.3) is 32.8 Å². The van der Waals surface area contributed by atoms with Crippen molar-refractivity contribution in [1.82, 2.24) is 15.3 Å². The van der Waals surface area contributed by atoms with Crippen molar-refractivity contribution in [1.29, 1.82) is 0 Å². The van der Waals surface area contributed by atoms with Crippen LogP contribution in [0.4, 0.5) is 29.3 Å². The first-order valence-corrected chi connectivity index (χ1v) is 12.9. The second kappa shape index (κ2) is 8.40. The van der Waals surface area contributed by atoms with Crippen molar-refractivity contribution in [2.45, 2.75) is 36.7 Å². The molecule has 0 amide bonds. The largest absolute Gasteiger partial charge is 0.508 e. The molecule has 1 aromatic heterocycles. The van der Waals surface area contributed by atoms with Crippen LogP contribution in [0.1, 0.15) is 12.8 Å². The molecule has 0 radical (unpaired) electrons. The highest BCUT2D eigenvalue weighted by atomic mass is 19.4. The van der Waals surface area contributed by atoms with E-state index >= 15 is 4.39 Å². The Morgan fingerprint density at radius 2 is 1.62 bits per heavy atom. The molecule has 7 rings (SSSR count). The Labute approximate surface area is 220 Å². The summed E-state index contributed by atoms with van der Waals surface area (Å²) < 4.78 is 56.4. The summed E-state index contributed by atoms with van der Waals surface area (Å²) in [4.78, 5) is 12.3. The maximum Gasteiger partial charge on any atom is 0.420 e.